The average molecular weight is 234 g/mol. The molecule has 1 aliphatic rings. The molecule has 0 spiro atoms. The molecule has 1 fully saturated rings. The monoisotopic (exact) mass is 234 g/mol. The molecule has 1 aliphatic heterocycles. The van der Waals surface area contributed by atoms with Gasteiger partial charge >= 0.3 is 0 Å². The predicted molar refractivity (Wildman–Crippen MR) is 69.5 cm³/mol. The molecule has 2 atom stereocenters. The minimum Gasteiger partial charge on any atom is -0.384 e. The summed E-state index contributed by atoms with van der Waals surface area (Å²) in [5.74, 6) is 2.18. The Bertz CT molecular complexity index is 371. The Morgan fingerprint density at radius 3 is 2.88 bits per heavy atom. The van der Waals surface area contributed by atoms with Crippen LogP contribution < -0.4 is 5.73 Å². The molecule has 0 saturated carbocycles. The van der Waals surface area contributed by atoms with Gasteiger partial charge in [-0.05, 0) is 39.2 Å². The second-order valence-electron chi connectivity index (χ2n) is 5.18. The van der Waals surface area contributed by atoms with Gasteiger partial charge in [-0.3, -0.25) is 4.90 Å². The number of piperidine rings is 1. The van der Waals surface area contributed by atoms with E-state index in [1.165, 1.54) is 12.8 Å². The van der Waals surface area contributed by atoms with Crippen LogP contribution >= 0.6 is 0 Å². The lowest BCUT2D eigenvalue weighted by Gasteiger charge is -2.37. The minimum absolute atomic E-state index is 0.574. The zero-order chi connectivity index (χ0) is 12.4. The van der Waals surface area contributed by atoms with Crippen LogP contribution in [0.25, 0.3) is 0 Å². The zero-order valence-electron chi connectivity index (χ0n) is 11.0. The summed E-state index contributed by atoms with van der Waals surface area (Å²) in [5, 5.41) is 0. The summed E-state index contributed by atoms with van der Waals surface area (Å²) >= 11 is 0. The molecule has 0 aliphatic carbocycles. The molecule has 1 aromatic rings. The molecule has 17 heavy (non-hydrogen) atoms. The van der Waals surface area contributed by atoms with Crippen molar-refractivity contribution in [3.05, 3.63) is 17.6 Å². The van der Waals surface area contributed by atoms with E-state index in [0.29, 0.717) is 11.9 Å². The normalized spacial score (nSPS) is 26.1. The van der Waals surface area contributed by atoms with Gasteiger partial charge in [-0.1, -0.05) is 6.92 Å². The fourth-order valence-corrected chi connectivity index (χ4v) is 2.55. The smallest absolute Gasteiger partial charge is 0.144 e. The highest BCUT2D eigenvalue weighted by Gasteiger charge is 2.25. The molecule has 1 aromatic heterocycles. The molecule has 0 radical (unpaired) electrons. The highest BCUT2D eigenvalue weighted by Crippen LogP contribution is 2.23. The Morgan fingerprint density at radius 1 is 1.41 bits per heavy atom. The standard InChI is InChI=1S/C13H22N4/c1-9-5-4-6-17(11(9)3)8-13-15-10(2)7-12(14)16-13/h7,9,11H,4-6,8H2,1-3H3,(H2,14,15,16). The molecule has 94 valence electrons. The summed E-state index contributed by atoms with van der Waals surface area (Å²) in [6, 6.07) is 2.42. The van der Waals surface area contributed by atoms with Gasteiger partial charge in [0.1, 0.15) is 11.6 Å². The van der Waals surface area contributed by atoms with Gasteiger partial charge in [-0.15, -0.1) is 0 Å². The van der Waals surface area contributed by atoms with E-state index in [-0.39, 0.29) is 0 Å². The Hall–Kier alpha value is -1.16. The molecule has 1 saturated heterocycles. The maximum atomic E-state index is 5.76. The first-order valence-corrected chi connectivity index (χ1v) is 6.40. The van der Waals surface area contributed by atoms with Crippen molar-refractivity contribution in [2.45, 2.75) is 46.2 Å². The number of hydrogen-bond acceptors (Lipinski definition) is 4. The zero-order valence-corrected chi connectivity index (χ0v) is 11.0. The van der Waals surface area contributed by atoms with Crippen molar-refractivity contribution < 1.29 is 0 Å². The van der Waals surface area contributed by atoms with Crippen LogP contribution in [0.4, 0.5) is 5.82 Å². The van der Waals surface area contributed by atoms with Gasteiger partial charge in [0.05, 0.1) is 6.54 Å². The van der Waals surface area contributed by atoms with Gasteiger partial charge < -0.3 is 5.73 Å². The summed E-state index contributed by atoms with van der Waals surface area (Å²) in [5.41, 5.74) is 6.71. The molecule has 2 rings (SSSR count). The van der Waals surface area contributed by atoms with E-state index in [0.717, 1.165) is 30.5 Å². The number of aromatic nitrogens is 2. The van der Waals surface area contributed by atoms with E-state index < -0.39 is 0 Å². The van der Waals surface area contributed by atoms with E-state index in [1.807, 2.05) is 13.0 Å². The Kier molecular flexibility index (Phi) is 3.62. The number of aryl methyl sites for hydroxylation is 1. The maximum absolute atomic E-state index is 5.76. The summed E-state index contributed by atoms with van der Waals surface area (Å²) in [6.07, 6.45) is 2.60. The third kappa shape index (κ3) is 2.94. The number of likely N-dealkylation sites (tertiary alicyclic amines) is 1. The van der Waals surface area contributed by atoms with Gasteiger partial charge in [-0.2, -0.15) is 0 Å². The van der Waals surface area contributed by atoms with Crippen molar-refractivity contribution in [1.29, 1.82) is 0 Å². The SMILES string of the molecule is Cc1cc(N)nc(CN2CCCC(C)C2C)n1. The van der Waals surface area contributed by atoms with Crippen LogP contribution in [-0.4, -0.2) is 27.5 Å². The average Bonchev–Trinajstić information content (AvgIpc) is 2.23. The molecule has 4 heteroatoms. The summed E-state index contributed by atoms with van der Waals surface area (Å²) in [7, 11) is 0. The number of anilines is 1. The number of nitrogens with two attached hydrogens (primary N) is 1. The lowest BCUT2D eigenvalue weighted by atomic mass is 9.92. The van der Waals surface area contributed by atoms with Gasteiger partial charge in [-0.25, -0.2) is 9.97 Å². The Labute approximate surface area is 103 Å². The predicted octanol–water partition coefficient (Wildman–Crippen LogP) is 1.99. The summed E-state index contributed by atoms with van der Waals surface area (Å²) < 4.78 is 0. The molecular formula is C13H22N4. The quantitative estimate of drug-likeness (QED) is 0.850. The highest BCUT2D eigenvalue weighted by atomic mass is 15.2. The van der Waals surface area contributed by atoms with Gasteiger partial charge in [0.25, 0.3) is 0 Å². The van der Waals surface area contributed by atoms with E-state index >= 15 is 0 Å². The molecule has 0 bridgehead atoms. The number of nitrogens with zero attached hydrogens (tertiary/aromatic N) is 3. The summed E-state index contributed by atoms with van der Waals surface area (Å²) in [6.45, 7) is 8.54. The lowest BCUT2D eigenvalue weighted by Crippen LogP contribution is -2.42. The van der Waals surface area contributed by atoms with Gasteiger partial charge in [0, 0.05) is 17.8 Å². The van der Waals surface area contributed by atoms with Crippen LogP contribution in [0, 0.1) is 12.8 Å². The minimum atomic E-state index is 0.574. The topological polar surface area (TPSA) is 55.0 Å². The molecule has 0 aromatic carbocycles. The highest BCUT2D eigenvalue weighted by molar-refractivity contribution is 5.29. The molecule has 2 N–H and O–H groups in total. The second kappa shape index (κ2) is 5.00. The van der Waals surface area contributed by atoms with Crippen LogP contribution in [0.15, 0.2) is 6.07 Å². The van der Waals surface area contributed by atoms with E-state index in [1.54, 1.807) is 0 Å². The second-order valence-corrected chi connectivity index (χ2v) is 5.18. The molecule has 0 amide bonds. The third-order valence-electron chi connectivity index (χ3n) is 3.77. The van der Waals surface area contributed by atoms with Crippen molar-refractivity contribution in [2.75, 3.05) is 12.3 Å². The number of rotatable bonds is 2. The first-order chi connectivity index (χ1) is 8.06. The third-order valence-corrected chi connectivity index (χ3v) is 3.77. The largest absolute Gasteiger partial charge is 0.384 e. The van der Waals surface area contributed by atoms with Gasteiger partial charge in [0.15, 0.2) is 0 Å². The first kappa shape index (κ1) is 12.3. The van der Waals surface area contributed by atoms with Crippen LogP contribution in [0.3, 0.4) is 0 Å². The van der Waals surface area contributed by atoms with Crippen molar-refractivity contribution in [1.82, 2.24) is 14.9 Å². The molecule has 2 heterocycles. The van der Waals surface area contributed by atoms with E-state index in [4.69, 9.17) is 5.73 Å². The fraction of sp³-hybridized carbons (Fsp3) is 0.692. The van der Waals surface area contributed by atoms with Gasteiger partial charge in [0.2, 0.25) is 0 Å². The summed E-state index contributed by atoms with van der Waals surface area (Å²) in [4.78, 5) is 11.2. The van der Waals surface area contributed by atoms with Crippen molar-refractivity contribution in [2.24, 2.45) is 5.92 Å². The first-order valence-electron chi connectivity index (χ1n) is 6.40. The molecular weight excluding hydrogens is 212 g/mol. The number of nitrogen functional groups attached to an aromatic ring is 1. The molecule has 2 unspecified atom stereocenters. The van der Waals surface area contributed by atoms with E-state index in [2.05, 4.69) is 28.7 Å². The van der Waals surface area contributed by atoms with Crippen LogP contribution in [0.1, 0.15) is 38.2 Å². The Morgan fingerprint density at radius 2 is 2.18 bits per heavy atom. The number of hydrogen-bond donors (Lipinski definition) is 1. The fourth-order valence-electron chi connectivity index (χ4n) is 2.55. The van der Waals surface area contributed by atoms with Crippen LogP contribution in [-0.2, 0) is 6.54 Å². The lowest BCUT2D eigenvalue weighted by molar-refractivity contribution is 0.104. The van der Waals surface area contributed by atoms with Crippen molar-refractivity contribution >= 4 is 5.82 Å². The van der Waals surface area contributed by atoms with Crippen LogP contribution in [0.5, 0.6) is 0 Å². The molecule has 4 nitrogen and oxygen atoms in total. The van der Waals surface area contributed by atoms with E-state index in [9.17, 15) is 0 Å². The van der Waals surface area contributed by atoms with Crippen LogP contribution in [0.2, 0.25) is 0 Å². The Balaban J connectivity index is 2.09. The van der Waals surface area contributed by atoms with Crippen molar-refractivity contribution in [3.8, 4) is 0 Å². The maximum Gasteiger partial charge on any atom is 0.144 e. The van der Waals surface area contributed by atoms with Crippen molar-refractivity contribution in [3.63, 3.8) is 0 Å².